The van der Waals surface area contributed by atoms with Crippen molar-refractivity contribution in [2.75, 3.05) is 4.90 Å². The molecular formula is C24H25NO4S. The van der Waals surface area contributed by atoms with Gasteiger partial charge in [-0.15, -0.1) is 0 Å². The van der Waals surface area contributed by atoms with Gasteiger partial charge in [0.1, 0.15) is 0 Å². The van der Waals surface area contributed by atoms with Gasteiger partial charge in [0.05, 0.1) is 5.69 Å². The van der Waals surface area contributed by atoms with Gasteiger partial charge in [0.25, 0.3) is 5.91 Å². The molecule has 0 saturated heterocycles. The van der Waals surface area contributed by atoms with Crippen LogP contribution in [0.2, 0.25) is 0 Å². The van der Waals surface area contributed by atoms with Crippen LogP contribution in [0.25, 0.3) is 10.4 Å². The average Bonchev–Trinajstić information content (AvgIpc) is 3.04. The van der Waals surface area contributed by atoms with Crippen LogP contribution in [-0.2, 0) is 0 Å². The third-order valence-corrected chi connectivity index (χ3v) is 5.85. The molecule has 1 N–H and O–H groups in total. The van der Waals surface area contributed by atoms with Crippen molar-refractivity contribution in [3.63, 3.8) is 0 Å². The molecule has 0 saturated carbocycles. The maximum Gasteiger partial charge on any atom is 0.512 e. The third kappa shape index (κ3) is 4.39. The van der Waals surface area contributed by atoms with Crippen LogP contribution in [0.3, 0.4) is 0 Å². The summed E-state index contributed by atoms with van der Waals surface area (Å²) in [5.41, 5.74) is 4.89. The Labute approximate surface area is 180 Å². The second-order valence-corrected chi connectivity index (χ2v) is 8.57. The van der Waals surface area contributed by atoms with E-state index in [1.807, 2.05) is 83.1 Å². The van der Waals surface area contributed by atoms with Crippen LogP contribution in [0.1, 0.15) is 40.9 Å². The van der Waals surface area contributed by atoms with Crippen molar-refractivity contribution in [3.8, 4) is 15.5 Å². The fourth-order valence-corrected chi connectivity index (χ4v) is 4.69. The van der Waals surface area contributed by atoms with Gasteiger partial charge in [0.15, 0.2) is 0 Å². The fourth-order valence-electron chi connectivity index (χ4n) is 3.69. The van der Waals surface area contributed by atoms with Crippen LogP contribution >= 0.6 is 11.3 Å². The lowest BCUT2D eigenvalue weighted by molar-refractivity contribution is 0.0977. The van der Waals surface area contributed by atoms with E-state index < -0.39 is 6.16 Å². The first-order valence-corrected chi connectivity index (χ1v) is 10.5. The molecule has 1 amide bonds. The number of rotatable bonds is 5. The Bertz CT molecular complexity index is 1060. The van der Waals surface area contributed by atoms with Gasteiger partial charge in [-0.3, -0.25) is 4.79 Å². The summed E-state index contributed by atoms with van der Waals surface area (Å²) in [4.78, 5) is 27.4. The number of nitrogens with zero attached hydrogens (tertiary/aromatic N) is 1. The Morgan fingerprint density at radius 1 is 1.00 bits per heavy atom. The van der Waals surface area contributed by atoms with E-state index in [1.165, 1.54) is 11.3 Å². The van der Waals surface area contributed by atoms with Gasteiger partial charge in [-0.2, -0.15) is 0 Å². The SMILES string of the molecule is Cc1cc(C)c(C(=O)N(c2cc(-c3ccccc3)sc2OC(=O)O)C(C)C)c(C)c1. The van der Waals surface area contributed by atoms with E-state index in [0.717, 1.165) is 27.1 Å². The number of carboxylic acid groups (broad SMARTS) is 1. The zero-order chi connectivity index (χ0) is 22.0. The summed E-state index contributed by atoms with van der Waals surface area (Å²) in [7, 11) is 0. The second-order valence-electron chi connectivity index (χ2n) is 7.56. The highest BCUT2D eigenvalue weighted by atomic mass is 32.1. The smallest absolute Gasteiger partial charge is 0.449 e. The number of hydrogen-bond acceptors (Lipinski definition) is 4. The number of anilines is 1. The van der Waals surface area contributed by atoms with E-state index in [2.05, 4.69) is 0 Å². The minimum atomic E-state index is -1.41. The van der Waals surface area contributed by atoms with Gasteiger partial charge in [-0.1, -0.05) is 59.4 Å². The normalized spacial score (nSPS) is 10.9. The number of hydrogen-bond donors (Lipinski definition) is 1. The molecule has 3 rings (SSSR count). The molecule has 0 fully saturated rings. The summed E-state index contributed by atoms with van der Waals surface area (Å²) in [6.07, 6.45) is -1.41. The molecule has 2 aromatic carbocycles. The molecule has 5 nitrogen and oxygen atoms in total. The van der Waals surface area contributed by atoms with Crippen molar-refractivity contribution < 1.29 is 19.4 Å². The quantitative estimate of drug-likeness (QED) is 0.479. The molecular weight excluding hydrogens is 398 g/mol. The molecule has 1 aromatic heterocycles. The first-order valence-electron chi connectivity index (χ1n) is 9.70. The van der Waals surface area contributed by atoms with Crippen LogP contribution in [0, 0.1) is 20.8 Å². The summed E-state index contributed by atoms with van der Waals surface area (Å²) >= 11 is 1.21. The van der Waals surface area contributed by atoms with E-state index in [4.69, 9.17) is 4.74 Å². The predicted molar refractivity (Wildman–Crippen MR) is 121 cm³/mol. The second kappa shape index (κ2) is 8.71. The molecule has 0 aliphatic carbocycles. The molecule has 0 unspecified atom stereocenters. The Morgan fingerprint density at radius 2 is 1.60 bits per heavy atom. The number of amides is 1. The summed E-state index contributed by atoms with van der Waals surface area (Å²) < 4.78 is 5.09. The minimum absolute atomic E-state index is 0.173. The van der Waals surface area contributed by atoms with Crippen molar-refractivity contribution in [1.29, 1.82) is 0 Å². The maximum absolute atomic E-state index is 13.7. The minimum Gasteiger partial charge on any atom is -0.449 e. The molecule has 0 aliphatic heterocycles. The highest BCUT2D eigenvalue weighted by Crippen LogP contribution is 2.44. The monoisotopic (exact) mass is 423 g/mol. The van der Waals surface area contributed by atoms with Crippen molar-refractivity contribution in [1.82, 2.24) is 0 Å². The standard InChI is InChI=1S/C24H25NO4S/c1-14(2)25(22(26)21-16(4)11-15(3)12-17(21)5)19-13-20(18-9-7-6-8-10-18)30-23(19)29-24(27)28/h6-14H,1-5H3,(H,27,28). The van der Waals surface area contributed by atoms with Crippen molar-refractivity contribution in [2.45, 2.75) is 40.7 Å². The number of thiophene rings is 1. The number of carbonyl (C=O) groups excluding carboxylic acids is 1. The van der Waals surface area contributed by atoms with E-state index in [-0.39, 0.29) is 17.0 Å². The molecule has 30 heavy (non-hydrogen) atoms. The highest BCUT2D eigenvalue weighted by Gasteiger charge is 2.29. The third-order valence-electron chi connectivity index (χ3n) is 4.80. The van der Waals surface area contributed by atoms with E-state index in [0.29, 0.717) is 11.3 Å². The molecule has 0 radical (unpaired) electrons. The Kier molecular flexibility index (Phi) is 6.27. The highest BCUT2D eigenvalue weighted by molar-refractivity contribution is 7.18. The van der Waals surface area contributed by atoms with Crippen LogP contribution in [0.5, 0.6) is 5.06 Å². The van der Waals surface area contributed by atoms with E-state index >= 15 is 0 Å². The van der Waals surface area contributed by atoms with E-state index in [9.17, 15) is 14.7 Å². The topological polar surface area (TPSA) is 66.8 Å². The zero-order valence-corrected chi connectivity index (χ0v) is 18.5. The Balaban J connectivity index is 2.15. The van der Waals surface area contributed by atoms with Crippen LogP contribution in [-0.4, -0.2) is 23.2 Å². The summed E-state index contributed by atoms with van der Waals surface area (Å²) in [6, 6.07) is 15.2. The van der Waals surface area contributed by atoms with E-state index in [1.54, 1.807) is 4.90 Å². The van der Waals surface area contributed by atoms with Gasteiger partial charge in [0, 0.05) is 16.5 Å². The number of benzene rings is 2. The van der Waals surface area contributed by atoms with Gasteiger partial charge in [0.2, 0.25) is 5.06 Å². The maximum atomic E-state index is 13.7. The summed E-state index contributed by atoms with van der Waals surface area (Å²) in [6.45, 7) is 9.65. The number of carbonyl (C=O) groups is 2. The molecule has 0 atom stereocenters. The molecule has 6 heteroatoms. The summed E-state index contributed by atoms with van der Waals surface area (Å²) in [5, 5.41) is 9.43. The Hall–Kier alpha value is -3.12. The zero-order valence-electron chi connectivity index (χ0n) is 17.7. The van der Waals surface area contributed by atoms with Crippen molar-refractivity contribution in [2.24, 2.45) is 0 Å². The molecule has 0 bridgehead atoms. The molecule has 156 valence electrons. The lowest BCUT2D eigenvalue weighted by atomic mass is 9.98. The molecule has 0 aliphatic rings. The van der Waals surface area contributed by atoms with Crippen molar-refractivity contribution in [3.05, 3.63) is 70.8 Å². The first kappa shape index (κ1) is 21.6. The van der Waals surface area contributed by atoms with Crippen LogP contribution in [0.15, 0.2) is 48.5 Å². The molecule has 0 spiro atoms. The van der Waals surface area contributed by atoms with Crippen LogP contribution < -0.4 is 9.64 Å². The Morgan fingerprint density at radius 3 is 2.13 bits per heavy atom. The van der Waals surface area contributed by atoms with Crippen molar-refractivity contribution >= 4 is 29.1 Å². The summed E-state index contributed by atoms with van der Waals surface area (Å²) in [5.74, 6) is -0.173. The average molecular weight is 424 g/mol. The fraction of sp³-hybridized carbons (Fsp3) is 0.250. The predicted octanol–water partition coefficient (Wildman–Crippen LogP) is 6.45. The number of ether oxygens (including phenoxy) is 1. The van der Waals surface area contributed by atoms with Gasteiger partial charge in [-0.25, -0.2) is 4.79 Å². The van der Waals surface area contributed by atoms with Gasteiger partial charge >= 0.3 is 6.16 Å². The first-order chi connectivity index (χ1) is 14.2. The lowest BCUT2D eigenvalue weighted by Gasteiger charge is -2.28. The van der Waals surface area contributed by atoms with Gasteiger partial charge in [-0.05, 0) is 57.4 Å². The largest absolute Gasteiger partial charge is 0.512 e. The molecule has 1 heterocycles. The number of aryl methyl sites for hydroxylation is 3. The molecule has 3 aromatic rings. The van der Waals surface area contributed by atoms with Crippen LogP contribution in [0.4, 0.5) is 10.5 Å². The van der Waals surface area contributed by atoms with Gasteiger partial charge < -0.3 is 14.7 Å². The lowest BCUT2D eigenvalue weighted by Crippen LogP contribution is -2.38.